The van der Waals surface area contributed by atoms with Crippen LogP contribution in [0.2, 0.25) is 0 Å². The second-order valence-corrected chi connectivity index (χ2v) is 8.77. The minimum Gasteiger partial charge on any atom is -0.341 e. The Bertz CT molecular complexity index is 1440. The van der Waals surface area contributed by atoms with E-state index in [1.165, 1.54) is 6.92 Å². The molecule has 0 saturated carbocycles. The highest BCUT2D eigenvalue weighted by Crippen LogP contribution is 2.32. The van der Waals surface area contributed by atoms with Gasteiger partial charge >= 0.3 is 5.97 Å². The molecule has 0 N–H and O–H groups in total. The first-order valence-corrected chi connectivity index (χ1v) is 11.3. The maximum Gasteiger partial charge on any atom is 0.331 e. The molecule has 1 heterocycles. The summed E-state index contributed by atoms with van der Waals surface area (Å²) in [6.07, 6.45) is 0. The van der Waals surface area contributed by atoms with Gasteiger partial charge in [0.2, 0.25) is 0 Å². The number of ketones is 1. The average Bonchev–Trinajstić information content (AvgIpc) is 3.08. The van der Waals surface area contributed by atoms with Gasteiger partial charge in [0.25, 0.3) is 0 Å². The van der Waals surface area contributed by atoms with Crippen LogP contribution in [0, 0.1) is 13.8 Å². The molecule has 0 saturated heterocycles. The molecular formula is C27H26N2O3S. The SMILES string of the molecule is CCn1c2ccc(C(=O)c3c(C)cc(S)cc3C)cc2c2cc(/C(C)=N\OC(C)=O)ccc21. The van der Waals surface area contributed by atoms with Crippen molar-refractivity contribution in [1.82, 2.24) is 4.57 Å². The lowest BCUT2D eigenvalue weighted by molar-refractivity contribution is -0.140. The lowest BCUT2D eigenvalue weighted by atomic mass is 9.94. The largest absolute Gasteiger partial charge is 0.341 e. The number of aryl methyl sites for hydroxylation is 3. The standard InChI is InChI=1S/C27H26N2O3S/c1-6-29-24-9-7-19(17(4)28-32-18(5)30)13-22(24)23-14-20(8-10-25(23)29)27(31)26-15(2)11-21(33)12-16(26)3/h7-14,33H,6H2,1-5H3/b28-17-. The Morgan fingerprint density at radius 1 is 0.909 bits per heavy atom. The molecule has 5 nitrogen and oxygen atoms in total. The molecule has 4 rings (SSSR count). The molecular weight excluding hydrogens is 432 g/mol. The summed E-state index contributed by atoms with van der Waals surface area (Å²) in [5.74, 6) is -0.459. The molecule has 0 atom stereocenters. The monoisotopic (exact) mass is 458 g/mol. The van der Waals surface area contributed by atoms with Crippen LogP contribution in [0.25, 0.3) is 21.8 Å². The van der Waals surface area contributed by atoms with E-state index in [2.05, 4.69) is 29.3 Å². The number of fused-ring (bicyclic) bond motifs is 3. The molecule has 0 bridgehead atoms. The van der Waals surface area contributed by atoms with E-state index in [9.17, 15) is 9.59 Å². The fourth-order valence-corrected chi connectivity index (χ4v) is 4.83. The molecule has 0 unspecified atom stereocenters. The van der Waals surface area contributed by atoms with Crippen LogP contribution in [0.1, 0.15) is 53.4 Å². The van der Waals surface area contributed by atoms with Crippen LogP contribution in [-0.2, 0) is 16.2 Å². The number of aromatic nitrogens is 1. The molecule has 0 fully saturated rings. The highest BCUT2D eigenvalue weighted by molar-refractivity contribution is 7.80. The molecule has 1 aromatic heterocycles. The molecule has 0 amide bonds. The lowest BCUT2D eigenvalue weighted by Gasteiger charge is -2.10. The van der Waals surface area contributed by atoms with Gasteiger partial charge in [0.05, 0.1) is 5.71 Å². The average molecular weight is 459 g/mol. The molecule has 0 aliphatic rings. The Labute approximate surface area is 198 Å². The molecule has 4 aromatic rings. The number of hydrogen-bond donors (Lipinski definition) is 1. The van der Waals surface area contributed by atoms with Gasteiger partial charge in [-0.1, -0.05) is 11.2 Å². The van der Waals surface area contributed by atoms with Crippen molar-refractivity contribution in [1.29, 1.82) is 0 Å². The van der Waals surface area contributed by atoms with Gasteiger partial charge in [0.15, 0.2) is 5.78 Å². The van der Waals surface area contributed by atoms with Crippen LogP contribution in [-0.4, -0.2) is 22.0 Å². The zero-order chi connectivity index (χ0) is 23.9. The molecule has 3 aromatic carbocycles. The zero-order valence-electron chi connectivity index (χ0n) is 19.4. The summed E-state index contributed by atoms with van der Waals surface area (Å²) in [5.41, 5.74) is 6.80. The fraction of sp³-hybridized carbons (Fsp3) is 0.222. The van der Waals surface area contributed by atoms with Crippen molar-refractivity contribution in [3.05, 3.63) is 76.3 Å². The van der Waals surface area contributed by atoms with Crippen molar-refractivity contribution >= 4 is 51.9 Å². The zero-order valence-corrected chi connectivity index (χ0v) is 20.3. The lowest BCUT2D eigenvalue weighted by Crippen LogP contribution is -2.06. The quantitative estimate of drug-likeness (QED) is 0.127. The van der Waals surface area contributed by atoms with E-state index in [0.717, 1.165) is 55.5 Å². The van der Waals surface area contributed by atoms with Crippen molar-refractivity contribution in [2.75, 3.05) is 0 Å². The second-order valence-electron chi connectivity index (χ2n) is 8.25. The maximum absolute atomic E-state index is 13.5. The van der Waals surface area contributed by atoms with Gasteiger partial charge in [-0.05, 0) is 86.8 Å². The van der Waals surface area contributed by atoms with E-state index in [1.807, 2.05) is 62.4 Å². The minimum atomic E-state index is -0.460. The molecule has 0 aliphatic heterocycles. The van der Waals surface area contributed by atoms with Crippen LogP contribution >= 0.6 is 12.6 Å². The van der Waals surface area contributed by atoms with Gasteiger partial charge in [0, 0.05) is 51.3 Å². The highest BCUT2D eigenvalue weighted by atomic mass is 32.1. The van der Waals surface area contributed by atoms with Crippen LogP contribution in [0.4, 0.5) is 0 Å². The minimum absolute atomic E-state index is 0.00128. The summed E-state index contributed by atoms with van der Waals surface area (Å²) >= 11 is 4.43. The summed E-state index contributed by atoms with van der Waals surface area (Å²) in [5, 5.41) is 5.94. The van der Waals surface area contributed by atoms with Crippen molar-refractivity contribution < 1.29 is 14.4 Å². The summed E-state index contributed by atoms with van der Waals surface area (Å²) in [4.78, 5) is 30.3. The number of nitrogens with zero attached hydrogens (tertiary/aromatic N) is 2. The normalized spacial score (nSPS) is 11.9. The van der Waals surface area contributed by atoms with Crippen molar-refractivity contribution in [2.45, 2.75) is 46.1 Å². The molecule has 33 heavy (non-hydrogen) atoms. The van der Waals surface area contributed by atoms with Gasteiger partial charge in [-0.3, -0.25) is 4.79 Å². The molecule has 0 spiro atoms. The van der Waals surface area contributed by atoms with Crippen molar-refractivity contribution in [3.63, 3.8) is 0 Å². The number of carbonyl (C=O) groups is 2. The van der Waals surface area contributed by atoms with E-state index >= 15 is 0 Å². The van der Waals surface area contributed by atoms with E-state index in [0.29, 0.717) is 11.3 Å². The third-order valence-corrected chi connectivity index (χ3v) is 6.17. The number of hydrogen-bond acceptors (Lipinski definition) is 5. The van der Waals surface area contributed by atoms with Crippen LogP contribution in [0.15, 0.2) is 58.6 Å². The predicted molar refractivity (Wildman–Crippen MR) is 136 cm³/mol. The molecule has 168 valence electrons. The van der Waals surface area contributed by atoms with E-state index in [1.54, 1.807) is 6.92 Å². The number of oxime groups is 1. The fourth-order valence-electron chi connectivity index (χ4n) is 4.44. The summed E-state index contributed by atoms with van der Waals surface area (Å²) in [6, 6.07) is 15.8. The van der Waals surface area contributed by atoms with Gasteiger partial charge in [-0.2, -0.15) is 0 Å². The van der Waals surface area contributed by atoms with E-state index < -0.39 is 5.97 Å². The Morgan fingerprint density at radius 3 is 2.00 bits per heavy atom. The van der Waals surface area contributed by atoms with Gasteiger partial charge in [0.1, 0.15) is 0 Å². The first-order valence-electron chi connectivity index (χ1n) is 10.8. The molecule has 0 aliphatic carbocycles. The third-order valence-electron chi connectivity index (χ3n) is 5.92. The Kier molecular flexibility index (Phi) is 6.13. The molecule has 0 radical (unpaired) electrons. The first kappa shape index (κ1) is 22.8. The summed E-state index contributed by atoms with van der Waals surface area (Å²) in [6.45, 7) is 9.91. The second kappa shape index (κ2) is 8.87. The summed E-state index contributed by atoms with van der Waals surface area (Å²) in [7, 11) is 0. The maximum atomic E-state index is 13.5. The Morgan fingerprint density at radius 2 is 1.45 bits per heavy atom. The third kappa shape index (κ3) is 4.18. The van der Waals surface area contributed by atoms with Crippen molar-refractivity contribution in [2.24, 2.45) is 5.16 Å². The van der Waals surface area contributed by atoms with Crippen LogP contribution in [0.3, 0.4) is 0 Å². The number of thiol groups is 1. The van der Waals surface area contributed by atoms with Crippen molar-refractivity contribution in [3.8, 4) is 0 Å². The van der Waals surface area contributed by atoms with E-state index in [4.69, 9.17) is 4.84 Å². The molecule has 6 heteroatoms. The topological polar surface area (TPSA) is 60.7 Å². The van der Waals surface area contributed by atoms with Gasteiger partial charge in [-0.25, -0.2) is 4.79 Å². The Hall–Kier alpha value is -3.38. The number of rotatable bonds is 5. The van der Waals surface area contributed by atoms with Gasteiger partial charge in [-0.15, -0.1) is 12.6 Å². The predicted octanol–water partition coefficient (Wildman–Crippen LogP) is 6.24. The van der Waals surface area contributed by atoms with Crippen LogP contribution < -0.4 is 0 Å². The Balaban J connectivity index is 1.89. The first-order chi connectivity index (χ1) is 15.7. The smallest absolute Gasteiger partial charge is 0.331 e. The van der Waals surface area contributed by atoms with Crippen LogP contribution in [0.5, 0.6) is 0 Å². The number of benzene rings is 3. The van der Waals surface area contributed by atoms with E-state index in [-0.39, 0.29) is 5.78 Å². The number of carbonyl (C=O) groups excluding carboxylic acids is 2. The summed E-state index contributed by atoms with van der Waals surface area (Å²) < 4.78 is 2.23. The highest BCUT2D eigenvalue weighted by Gasteiger charge is 2.18. The van der Waals surface area contributed by atoms with Gasteiger partial charge < -0.3 is 9.40 Å².